The zero-order valence-corrected chi connectivity index (χ0v) is 19.9. The maximum atomic E-state index is 6.22. The zero-order chi connectivity index (χ0) is 24.7. The van der Waals surface area contributed by atoms with Crippen LogP contribution in [0.15, 0.2) is 146 Å². The molecule has 0 aromatic heterocycles. The van der Waals surface area contributed by atoms with Crippen molar-refractivity contribution in [2.75, 3.05) is 10.0 Å². The molecule has 0 aliphatic carbocycles. The first-order chi connectivity index (χ1) is 17.7. The SMILES string of the molecule is NN(c1ccccc1)c1cccc2ccccc12.NN(c1ccccc1)c1cccc2ccccc12. The second kappa shape index (κ2) is 10.7. The quantitative estimate of drug-likeness (QED) is 0.206. The van der Waals surface area contributed by atoms with Crippen LogP contribution in [0.4, 0.5) is 22.7 Å². The Bertz CT molecular complexity index is 1430. The molecule has 0 fully saturated rings. The van der Waals surface area contributed by atoms with Gasteiger partial charge in [0.2, 0.25) is 0 Å². The molecule has 0 heterocycles. The van der Waals surface area contributed by atoms with Crippen molar-refractivity contribution < 1.29 is 0 Å². The van der Waals surface area contributed by atoms with E-state index in [-0.39, 0.29) is 0 Å². The average Bonchev–Trinajstić information content (AvgIpc) is 2.97. The third-order valence-corrected chi connectivity index (χ3v) is 6.12. The maximum absolute atomic E-state index is 6.22. The van der Waals surface area contributed by atoms with E-state index in [0.717, 1.165) is 33.5 Å². The van der Waals surface area contributed by atoms with Crippen molar-refractivity contribution in [1.82, 2.24) is 0 Å². The van der Waals surface area contributed by atoms with E-state index in [2.05, 4.69) is 36.4 Å². The fourth-order valence-electron chi connectivity index (χ4n) is 4.29. The Hall–Kier alpha value is -4.64. The number of hydrogen-bond donors (Lipinski definition) is 2. The Kier molecular flexibility index (Phi) is 6.90. The number of anilines is 4. The van der Waals surface area contributed by atoms with E-state index in [9.17, 15) is 0 Å². The van der Waals surface area contributed by atoms with Gasteiger partial charge in [-0.2, -0.15) is 0 Å². The lowest BCUT2D eigenvalue weighted by molar-refractivity contribution is 1.10. The number of para-hydroxylation sites is 2. The highest BCUT2D eigenvalue weighted by Gasteiger charge is 2.08. The molecule has 4 N–H and O–H groups in total. The van der Waals surface area contributed by atoms with Crippen molar-refractivity contribution in [1.29, 1.82) is 0 Å². The van der Waals surface area contributed by atoms with E-state index in [4.69, 9.17) is 11.7 Å². The molecule has 0 aliphatic heterocycles. The molecule has 0 atom stereocenters. The van der Waals surface area contributed by atoms with Crippen molar-refractivity contribution >= 4 is 44.3 Å². The molecule has 0 radical (unpaired) electrons. The van der Waals surface area contributed by atoms with Gasteiger partial charge in [0.1, 0.15) is 0 Å². The summed E-state index contributed by atoms with van der Waals surface area (Å²) in [5.74, 6) is 12.4. The van der Waals surface area contributed by atoms with E-state index in [1.165, 1.54) is 10.8 Å². The Morgan fingerprint density at radius 1 is 0.333 bits per heavy atom. The summed E-state index contributed by atoms with van der Waals surface area (Å²) in [7, 11) is 0. The van der Waals surface area contributed by atoms with Crippen LogP contribution in [0.1, 0.15) is 0 Å². The molecule has 4 nitrogen and oxygen atoms in total. The predicted octanol–water partition coefficient (Wildman–Crippen LogP) is 7.70. The van der Waals surface area contributed by atoms with Crippen LogP contribution in [0.25, 0.3) is 21.5 Å². The molecule has 0 aliphatic rings. The number of nitrogens with zero attached hydrogens (tertiary/aromatic N) is 2. The Labute approximate surface area is 211 Å². The molecule has 176 valence electrons. The van der Waals surface area contributed by atoms with Crippen LogP contribution >= 0.6 is 0 Å². The van der Waals surface area contributed by atoms with Crippen LogP contribution < -0.4 is 21.7 Å². The normalized spacial score (nSPS) is 10.5. The Balaban J connectivity index is 0.000000148. The van der Waals surface area contributed by atoms with Crippen molar-refractivity contribution in [3.63, 3.8) is 0 Å². The molecule has 0 amide bonds. The summed E-state index contributed by atoms with van der Waals surface area (Å²) in [4.78, 5) is 0. The smallest absolute Gasteiger partial charge is 0.0653 e. The van der Waals surface area contributed by atoms with Crippen molar-refractivity contribution in [2.45, 2.75) is 0 Å². The van der Waals surface area contributed by atoms with Crippen LogP contribution in [-0.2, 0) is 0 Å². The topological polar surface area (TPSA) is 58.5 Å². The van der Waals surface area contributed by atoms with Gasteiger partial charge in [-0.15, -0.1) is 0 Å². The first-order valence-corrected chi connectivity index (χ1v) is 11.9. The summed E-state index contributed by atoms with van der Waals surface area (Å²) in [5.41, 5.74) is 3.99. The minimum absolute atomic E-state index is 0.980. The van der Waals surface area contributed by atoms with E-state index in [1.807, 2.05) is 109 Å². The standard InChI is InChI=1S/2C16H14N2/c2*17-18(14-9-2-1-3-10-14)16-12-6-8-13-7-4-5-11-15(13)16/h2*1-12H,17H2. The van der Waals surface area contributed by atoms with Gasteiger partial charge >= 0.3 is 0 Å². The van der Waals surface area contributed by atoms with E-state index in [0.29, 0.717) is 0 Å². The van der Waals surface area contributed by atoms with Crippen LogP contribution in [0.2, 0.25) is 0 Å². The lowest BCUT2D eigenvalue weighted by Crippen LogP contribution is -2.24. The highest BCUT2D eigenvalue weighted by Crippen LogP contribution is 2.30. The zero-order valence-electron chi connectivity index (χ0n) is 19.9. The van der Waals surface area contributed by atoms with Gasteiger partial charge in [-0.1, -0.05) is 109 Å². The lowest BCUT2D eigenvalue weighted by atomic mass is 10.1. The number of hydrogen-bond acceptors (Lipinski definition) is 4. The predicted molar refractivity (Wildman–Crippen MR) is 153 cm³/mol. The summed E-state index contributed by atoms with van der Waals surface area (Å²) in [6.07, 6.45) is 0. The highest BCUT2D eigenvalue weighted by molar-refractivity contribution is 5.96. The maximum Gasteiger partial charge on any atom is 0.0653 e. The van der Waals surface area contributed by atoms with Gasteiger partial charge < -0.3 is 0 Å². The number of fused-ring (bicyclic) bond motifs is 2. The number of hydrazine groups is 2. The first-order valence-electron chi connectivity index (χ1n) is 11.9. The minimum Gasteiger partial charge on any atom is -0.279 e. The van der Waals surface area contributed by atoms with Crippen LogP contribution in [0.3, 0.4) is 0 Å². The van der Waals surface area contributed by atoms with Gasteiger partial charge in [-0.05, 0) is 47.2 Å². The summed E-state index contributed by atoms with van der Waals surface area (Å²) in [5, 5.41) is 8.16. The van der Waals surface area contributed by atoms with Gasteiger partial charge in [-0.25, -0.2) is 11.7 Å². The van der Waals surface area contributed by atoms with Crippen molar-refractivity contribution in [3.8, 4) is 0 Å². The van der Waals surface area contributed by atoms with Gasteiger partial charge in [0.15, 0.2) is 0 Å². The molecule has 36 heavy (non-hydrogen) atoms. The monoisotopic (exact) mass is 468 g/mol. The summed E-state index contributed by atoms with van der Waals surface area (Å²) in [6.45, 7) is 0. The molecule has 6 aromatic rings. The van der Waals surface area contributed by atoms with Gasteiger partial charge in [-0.3, -0.25) is 10.0 Å². The molecular formula is C32H28N4. The van der Waals surface area contributed by atoms with Gasteiger partial charge in [0, 0.05) is 10.8 Å². The van der Waals surface area contributed by atoms with E-state index in [1.54, 1.807) is 10.0 Å². The molecule has 0 spiro atoms. The minimum atomic E-state index is 0.980. The molecule has 0 bridgehead atoms. The first kappa shape index (κ1) is 23.1. The van der Waals surface area contributed by atoms with Crippen molar-refractivity contribution in [3.05, 3.63) is 146 Å². The van der Waals surface area contributed by atoms with Crippen LogP contribution in [-0.4, -0.2) is 0 Å². The second-order valence-electron chi connectivity index (χ2n) is 8.41. The second-order valence-corrected chi connectivity index (χ2v) is 8.41. The number of benzene rings is 6. The molecule has 6 aromatic carbocycles. The largest absolute Gasteiger partial charge is 0.279 e. The van der Waals surface area contributed by atoms with E-state index >= 15 is 0 Å². The van der Waals surface area contributed by atoms with Crippen molar-refractivity contribution in [2.24, 2.45) is 11.7 Å². The summed E-state index contributed by atoms with van der Waals surface area (Å²) < 4.78 is 0. The molecule has 4 heteroatoms. The molecule has 0 saturated heterocycles. The fraction of sp³-hybridized carbons (Fsp3) is 0. The lowest BCUT2D eigenvalue weighted by Gasteiger charge is -2.20. The van der Waals surface area contributed by atoms with Crippen LogP contribution in [0, 0.1) is 0 Å². The molecule has 0 unspecified atom stereocenters. The number of nitrogens with two attached hydrogens (primary N) is 2. The fourth-order valence-corrected chi connectivity index (χ4v) is 4.29. The van der Waals surface area contributed by atoms with Gasteiger partial charge in [0.25, 0.3) is 0 Å². The van der Waals surface area contributed by atoms with Crippen LogP contribution in [0.5, 0.6) is 0 Å². The third-order valence-electron chi connectivity index (χ3n) is 6.12. The summed E-state index contributed by atoms with van der Waals surface area (Å²) >= 11 is 0. The summed E-state index contributed by atoms with van der Waals surface area (Å²) in [6, 6.07) is 48.8. The van der Waals surface area contributed by atoms with E-state index < -0.39 is 0 Å². The molecule has 6 rings (SSSR count). The number of rotatable bonds is 4. The third kappa shape index (κ3) is 4.91. The Morgan fingerprint density at radius 3 is 1.08 bits per heavy atom. The average molecular weight is 469 g/mol. The van der Waals surface area contributed by atoms with Gasteiger partial charge in [0.05, 0.1) is 22.7 Å². The molecular weight excluding hydrogens is 440 g/mol. The highest BCUT2D eigenvalue weighted by atomic mass is 15.4. The molecule has 0 saturated carbocycles. The Morgan fingerprint density at radius 2 is 0.667 bits per heavy atom.